The topological polar surface area (TPSA) is 52.6 Å². The fourth-order valence-electron chi connectivity index (χ4n) is 0.807. The smallest absolute Gasteiger partial charge is 0.410 e. The fraction of sp³-hybridized carbons (Fsp3) is 0.800. The SMILES string of the molecule is CC(C)C(=O)OCCOC(=O)C(F)(F)C(F)(F)C(F)F. The molecule has 4 nitrogen and oxygen atoms in total. The Morgan fingerprint density at radius 2 is 1.45 bits per heavy atom. The standard InChI is InChI=1S/C10H12F6O4/c1-5(2)6(17)19-3-4-20-8(18)10(15,16)9(13,14)7(11)12/h5,7H,3-4H2,1-2H3. The highest BCUT2D eigenvalue weighted by Crippen LogP contribution is 2.39. The van der Waals surface area contributed by atoms with Crippen molar-refractivity contribution in [1.82, 2.24) is 0 Å². The third kappa shape index (κ3) is 4.27. The van der Waals surface area contributed by atoms with Crippen LogP contribution in [0.3, 0.4) is 0 Å². The Balaban J connectivity index is 4.38. The van der Waals surface area contributed by atoms with Crippen LogP contribution in [0.1, 0.15) is 13.8 Å². The molecule has 10 heteroatoms. The second-order valence-electron chi connectivity index (χ2n) is 3.96. The molecule has 20 heavy (non-hydrogen) atoms. The first-order chi connectivity index (χ1) is 8.94. The van der Waals surface area contributed by atoms with Crippen molar-refractivity contribution in [2.75, 3.05) is 13.2 Å². The van der Waals surface area contributed by atoms with Gasteiger partial charge in [-0.3, -0.25) is 4.79 Å². The molecule has 0 rings (SSSR count). The lowest BCUT2D eigenvalue weighted by Crippen LogP contribution is -2.52. The van der Waals surface area contributed by atoms with E-state index in [1.807, 2.05) is 0 Å². The van der Waals surface area contributed by atoms with E-state index in [9.17, 15) is 35.9 Å². The highest BCUT2D eigenvalue weighted by atomic mass is 19.3. The summed E-state index contributed by atoms with van der Waals surface area (Å²) in [6.45, 7) is 1.32. The predicted molar refractivity (Wildman–Crippen MR) is 52.7 cm³/mol. The van der Waals surface area contributed by atoms with Gasteiger partial charge in [-0.1, -0.05) is 13.8 Å². The van der Waals surface area contributed by atoms with Crippen molar-refractivity contribution in [2.45, 2.75) is 32.1 Å². The Morgan fingerprint density at radius 3 is 1.85 bits per heavy atom. The molecule has 0 aliphatic rings. The minimum atomic E-state index is -5.85. The Hall–Kier alpha value is -1.48. The Kier molecular flexibility index (Phi) is 6.30. The molecule has 118 valence electrons. The zero-order valence-electron chi connectivity index (χ0n) is 10.5. The van der Waals surface area contributed by atoms with Gasteiger partial charge in [0.1, 0.15) is 13.2 Å². The minimum Gasteiger partial charge on any atom is -0.462 e. The zero-order valence-corrected chi connectivity index (χ0v) is 10.5. The molecule has 0 aromatic carbocycles. The molecule has 0 unspecified atom stereocenters. The monoisotopic (exact) mass is 310 g/mol. The maximum atomic E-state index is 12.7. The van der Waals surface area contributed by atoms with Crippen LogP contribution in [0.25, 0.3) is 0 Å². The van der Waals surface area contributed by atoms with Crippen molar-refractivity contribution in [3.63, 3.8) is 0 Å². The summed E-state index contributed by atoms with van der Waals surface area (Å²) in [7, 11) is 0. The van der Waals surface area contributed by atoms with Crippen molar-refractivity contribution >= 4 is 11.9 Å². The molecule has 0 heterocycles. The van der Waals surface area contributed by atoms with Crippen LogP contribution in [0.15, 0.2) is 0 Å². The molecule has 0 aliphatic heterocycles. The lowest BCUT2D eigenvalue weighted by atomic mass is 10.2. The average Bonchev–Trinajstić information content (AvgIpc) is 2.33. The van der Waals surface area contributed by atoms with Crippen LogP contribution in [0.2, 0.25) is 0 Å². The maximum Gasteiger partial charge on any atom is 0.410 e. The van der Waals surface area contributed by atoms with Crippen molar-refractivity contribution in [3.8, 4) is 0 Å². The summed E-state index contributed by atoms with van der Waals surface area (Å²) in [6.07, 6.45) is -4.73. The van der Waals surface area contributed by atoms with Gasteiger partial charge in [0.05, 0.1) is 5.92 Å². The largest absolute Gasteiger partial charge is 0.462 e. The summed E-state index contributed by atoms with van der Waals surface area (Å²) in [5.41, 5.74) is 0. The fourth-order valence-corrected chi connectivity index (χ4v) is 0.807. The van der Waals surface area contributed by atoms with E-state index in [0.29, 0.717) is 0 Å². The van der Waals surface area contributed by atoms with Crippen LogP contribution >= 0.6 is 0 Å². The summed E-state index contributed by atoms with van der Waals surface area (Å²) in [4.78, 5) is 21.6. The van der Waals surface area contributed by atoms with Crippen molar-refractivity contribution < 1.29 is 45.4 Å². The van der Waals surface area contributed by atoms with Crippen LogP contribution in [-0.4, -0.2) is 43.4 Å². The van der Waals surface area contributed by atoms with Gasteiger partial charge in [0, 0.05) is 0 Å². The van der Waals surface area contributed by atoms with Gasteiger partial charge in [-0.25, -0.2) is 13.6 Å². The molecule has 0 atom stereocenters. The summed E-state index contributed by atoms with van der Waals surface area (Å²) in [6, 6.07) is 0. The number of hydrogen-bond donors (Lipinski definition) is 0. The van der Waals surface area contributed by atoms with E-state index in [1.165, 1.54) is 13.8 Å². The molecule has 0 aliphatic carbocycles. The Bertz CT molecular complexity index is 356. The number of esters is 2. The number of ether oxygens (including phenoxy) is 2. The number of carbonyl (C=O) groups is 2. The van der Waals surface area contributed by atoms with E-state index in [2.05, 4.69) is 9.47 Å². The van der Waals surface area contributed by atoms with Crippen molar-refractivity contribution in [2.24, 2.45) is 5.92 Å². The number of hydrogen-bond acceptors (Lipinski definition) is 4. The van der Waals surface area contributed by atoms with Crippen LogP contribution in [-0.2, 0) is 19.1 Å². The van der Waals surface area contributed by atoms with Crippen LogP contribution in [0.4, 0.5) is 26.3 Å². The first kappa shape index (κ1) is 18.5. The zero-order chi connectivity index (χ0) is 16.1. The third-order valence-electron chi connectivity index (χ3n) is 1.98. The lowest BCUT2D eigenvalue weighted by molar-refractivity contribution is -0.266. The maximum absolute atomic E-state index is 12.7. The number of rotatable bonds is 7. The average molecular weight is 310 g/mol. The lowest BCUT2D eigenvalue weighted by Gasteiger charge is -2.23. The molecule has 0 amide bonds. The van der Waals surface area contributed by atoms with Crippen molar-refractivity contribution in [1.29, 1.82) is 0 Å². The summed E-state index contributed by atoms with van der Waals surface area (Å²) in [5.74, 6) is -15.6. The second kappa shape index (κ2) is 6.80. The second-order valence-corrected chi connectivity index (χ2v) is 3.96. The molecular formula is C10H12F6O4. The third-order valence-corrected chi connectivity index (χ3v) is 1.98. The molecule has 0 spiro atoms. The molecule has 0 N–H and O–H groups in total. The Morgan fingerprint density at radius 1 is 1.00 bits per heavy atom. The van der Waals surface area contributed by atoms with Crippen LogP contribution in [0.5, 0.6) is 0 Å². The molecule has 0 fully saturated rings. The van der Waals surface area contributed by atoms with Gasteiger partial charge in [0.15, 0.2) is 0 Å². The number of carbonyl (C=O) groups excluding carboxylic acids is 2. The quantitative estimate of drug-likeness (QED) is 0.411. The molecule has 0 aromatic rings. The van der Waals surface area contributed by atoms with Gasteiger partial charge in [-0.15, -0.1) is 0 Å². The van der Waals surface area contributed by atoms with E-state index >= 15 is 0 Å². The molecule has 0 saturated heterocycles. The summed E-state index contributed by atoms with van der Waals surface area (Å²) in [5, 5.41) is 0. The molecule has 0 bridgehead atoms. The van der Waals surface area contributed by atoms with Crippen LogP contribution < -0.4 is 0 Å². The van der Waals surface area contributed by atoms with E-state index in [0.717, 1.165) is 0 Å². The van der Waals surface area contributed by atoms with E-state index in [4.69, 9.17) is 0 Å². The highest BCUT2D eigenvalue weighted by Gasteiger charge is 2.68. The van der Waals surface area contributed by atoms with Gasteiger partial charge in [-0.05, 0) is 0 Å². The summed E-state index contributed by atoms with van der Waals surface area (Å²) >= 11 is 0. The molecule has 0 radical (unpaired) electrons. The van der Waals surface area contributed by atoms with Crippen LogP contribution in [0, 0.1) is 5.92 Å². The number of halogens is 6. The number of alkyl halides is 6. The van der Waals surface area contributed by atoms with E-state index in [-0.39, 0.29) is 0 Å². The predicted octanol–water partition coefficient (Wildman–Crippen LogP) is 2.26. The first-order valence-corrected chi connectivity index (χ1v) is 5.32. The van der Waals surface area contributed by atoms with Gasteiger partial charge in [0.25, 0.3) is 0 Å². The summed E-state index contributed by atoms with van der Waals surface area (Å²) < 4.78 is 81.9. The van der Waals surface area contributed by atoms with Gasteiger partial charge >= 0.3 is 30.2 Å². The van der Waals surface area contributed by atoms with Gasteiger partial charge < -0.3 is 9.47 Å². The van der Waals surface area contributed by atoms with Crippen molar-refractivity contribution in [3.05, 3.63) is 0 Å². The molecular weight excluding hydrogens is 298 g/mol. The molecule has 0 saturated carbocycles. The van der Waals surface area contributed by atoms with Gasteiger partial charge in [0.2, 0.25) is 0 Å². The first-order valence-electron chi connectivity index (χ1n) is 5.32. The van der Waals surface area contributed by atoms with E-state index in [1.54, 1.807) is 0 Å². The minimum absolute atomic E-state index is 0.532. The normalized spacial score (nSPS) is 12.7. The Labute approximate surface area is 110 Å². The molecule has 0 aromatic heterocycles. The van der Waals surface area contributed by atoms with E-state index < -0.39 is 49.3 Å². The highest BCUT2D eigenvalue weighted by molar-refractivity contribution is 5.79. The van der Waals surface area contributed by atoms with Gasteiger partial charge in [-0.2, -0.15) is 17.6 Å².